The minimum atomic E-state index is -0.393. The van der Waals surface area contributed by atoms with Crippen LogP contribution in [-0.4, -0.2) is 54.1 Å². The summed E-state index contributed by atoms with van der Waals surface area (Å²) in [7, 11) is 0. The van der Waals surface area contributed by atoms with E-state index in [1.165, 1.54) is 0 Å². The minimum Gasteiger partial charge on any atom is -0.465 e. The highest BCUT2D eigenvalue weighted by Gasteiger charge is 2.21. The van der Waals surface area contributed by atoms with Crippen LogP contribution in [0.4, 0.5) is 4.79 Å². The van der Waals surface area contributed by atoms with Crippen molar-refractivity contribution in [1.29, 1.82) is 0 Å². The highest BCUT2D eigenvalue weighted by Crippen LogP contribution is 2.17. The number of carbonyl (C=O) groups excluding carboxylic acids is 2. The van der Waals surface area contributed by atoms with Crippen molar-refractivity contribution in [3.63, 3.8) is 0 Å². The molecule has 16 heavy (non-hydrogen) atoms. The Morgan fingerprint density at radius 1 is 1.56 bits per heavy atom. The van der Waals surface area contributed by atoms with E-state index in [-0.39, 0.29) is 12.6 Å². The molecule has 0 aromatic heterocycles. The zero-order chi connectivity index (χ0) is 12.0. The summed E-state index contributed by atoms with van der Waals surface area (Å²) >= 11 is 1.86. The fourth-order valence-electron chi connectivity index (χ4n) is 1.47. The van der Waals surface area contributed by atoms with Crippen molar-refractivity contribution in [2.45, 2.75) is 19.1 Å². The van der Waals surface area contributed by atoms with Gasteiger partial charge in [-0.05, 0) is 6.92 Å². The fraction of sp³-hybridized carbons (Fsp3) is 0.800. The molecule has 1 aliphatic rings. The lowest BCUT2D eigenvalue weighted by Crippen LogP contribution is -2.47. The van der Waals surface area contributed by atoms with Gasteiger partial charge in [0, 0.05) is 24.1 Å². The molecule has 0 saturated carbocycles. The zero-order valence-corrected chi connectivity index (χ0v) is 10.5. The van der Waals surface area contributed by atoms with Crippen LogP contribution in [-0.2, 0) is 9.53 Å². The van der Waals surface area contributed by atoms with E-state index in [1.807, 2.05) is 11.8 Å². The molecule has 0 bridgehead atoms. The molecule has 0 aromatic carbocycles. The average Bonchev–Trinajstić information content (AvgIpc) is 2.26. The smallest absolute Gasteiger partial charge is 0.325 e. The Bertz CT molecular complexity index is 260. The highest BCUT2D eigenvalue weighted by molar-refractivity contribution is 7.99. The lowest BCUT2D eigenvalue weighted by molar-refractivity contribution is -0.141. The van der Waals surface area contributed by atoms with Crippen molar-refractivity contribution in [3.8, 4) is 0 Å². The molecule has 1 aliphatic heterocycles. The number of ether oxygens (including phenoxy) is 1. The first kappa shape index (κ1) is 13.2. The molecule has 1 heterocycles. The lowest BCUT2D eigenvalue weighted by Gasteiger charge is -2.30. The van der Waals surface area contributed by atoms with Crippen molar-refractivity contribution < 1.29 is 14.3 Å². The minimum absolute atomic E-state index is 0.0509. The number of nitrogens with zero attached hydrogens (tertiary/aromatic N) is 1. The summed E-state index contributed by atoms with van der Waals surface area (Å²) in [6.07, 6.45) is 0. The van der Waals surface area contributed by atoms with Gasteiger partial charge in [0.15, 0.2) is 0 Å². The van der Waals surface area contributed by atoms with E-state index in [9.17, 15) is 9.59 Å². The fourth-order valence-corrected chi connectivity index (χ4v) is 2.49. The van der Waals surface area contributed by atoms with E-state index in [0.717, 1.165) is 18.8 Å². The molecule has 0 spiro atoms. The number of carbonyl (C=O) groups is 2. The lowest BCUT2D eigenvalue weighted by atomic mass is 10.4. The van der Waals surface area contributed by atoms with Gasteiger partial charge in [0.25, 0.3) is 0 Å². The van der Waals surface area contributed by atoms with Gasteiger partial charge < -0.3 is 15.0 Å². The normalized spacial score (nSPS) is 20.4. The Hall–Kier alpha value is -0.910. The van der Waals surface area contributed by atoms with Crippen molar-refractivity contribution in [1.82, 2.24) is 10.2 Å². The molecule has 1 saturated heterocycles. The van der Waals surface area contributed by atoms with E-state index >= 15 is 0 Å². The molecule has 5 nitrogen and oxygen atoms in total. The van der Waals surface area contributed by atoms with Crippen molar-refractivity contribution in [2.24, 2.45) is 0 Å². The first-order valence-corrected chi connectivity index (χ1v) is 6.48. The molecule has 6 heteroatoms. The van der Waals surface area contributed by atoms with E-state index < -0.39 is 5.97 Å². The number of nitrogens with one attached hydrogen (secondary N) is 1. The maximum atomic E-state index is 11.7. The monoisotopic (exact) mass is 246 g/mol. The first-order chi connectivity index (χ1) is 7.63. The van der Waals surface area contributed by atoms with Crippen LogP contribution in [0.2, 0.25) is 0 Å². The maximum Gasteiger partial charge on any atom is 0.325 e. The average molecular weight is 246 g/mol. The van der Waals surface area contributed by atoms with Crippen LogP contribution in [0.3, 0.4) is 0 Å². The summed E-state index contributed by atoms with van der Waals surface area (Å²) in [5, 5.41) is 3.02. The van der Waals surface area contributed by atoms with Gasteiger partial charge in [-0.2, -0.15) is 11.8 Å². The Balaban J connectivity index is 2.26. The molecule has 1 N–H and O–H groups in total. The van der Waals surface area contributed by atoms with Crippen LogP contribution in [0, 0.1) is 0 Å². The standard InChI is InChI=1S/C10H18N2O3S/c1-3-15-9(13)6-11-10(14)12-4-5-16-8(2)7-12/h8H,3-7H2,1-2H3,(H,11,14). The largest absolute Gasteiger partial charge is 0.465 e. The second-order valence-corrected chi connectivity index (χ2v) is 5.14. The second-order valence-electron chi connectivity index (χ2n) is 3.59. The third-order valence-electron chi connectivity index (χ3n) is 2.22. The Kier molecular flexibility index (Phi) is 5.45. The van der Waals surface area contributed by atoms with Gasteiger partial charge in [-0.25, -0.2) is 4.79 Å². The topological polar surface area (TPSA) is 58.6 Å². The van der Waals surface area contributed by atoms with Gasteiger partial charge >= 0.3 is 12.0 Å². The summed E-state index contributed by atoms with van der Waals surface area (Å²) in [5.74, 6) is 0.559. The van der Waals surface area contributed by atoms with Gasteiger partial charge in [-0.1, -0.05) is 6.92 Å². The molecule has 1 rings (SSSR count). The molecule has 2 amide bonds. The van der Waals surface area contributed by atoms with Crippen LogP contribution in [0.15, 0.2) is 0 Å². The van der Waals surface area contributed by atoms with Gasteiger partial charge in [0.1, 0.15) is 6.54 Å². The molecular weight excluding hydrogens is 228 g/mol. The summed E-state index contributed by atoms with van der Waals surface area (Å²) < 4.78 is 4.72. The number of thioether (sulfide) groups is 1. The maximum absolute atomic E-state index is 11.7. The summed E-state index contributed by atoms with van der Waals surface area (Å²) in [5.41, 5.74) is 0. The van der Waals surface area contributed by atoms with Gasteiger partial charge in [-0.3, -0.25) is 4.79 Å². The summed E-state index contributed by atoms with van der Waals surface area (Å²) in [6.45, 7) is 5.60. The Morgan fingerprint density at radius 2 is 2.31 bits per heavy atom. The molecule has 0 aliphatic carbocycles. The molecule has 1 atom stereocenters. The first-order valence-electron chi connectivity index (χ1n) is 5.43. The number of rotatable bonds is 3. The zero-order valence-electron chi connectivity index (χ0n) is 9.69. The SMILES string of the molecule is CCOC(=O)CNC(=O)N1CCSC(C)C1. The molecule has 1 unspecified atom stereocenters. The number of esters is 1. The van der Waals surface area contributed by atoms with Crippen molar-refractivity contribution in [2.75, 3.05) is 32.0 Å². The van der Waals surface area contributed by atoms with E-state index in [0.29, 0.717) is 11.9 Å². The number of hydrogen-bond acceptors (Lipinski definition) is 4. The van der Waals surface area contributed by atoms with Crippen LogP contribution >= 0.6 is 11.8 Å². The van der Waals surface area contributed by atoms with Gasteiger partial charge in [-0.15, -0.1) is 0 Å². The highest BCUT2D eigenvalue weighted by atomic mass is 32.2. The predicted octanol–water partition coefficient (Wildman–Crippen LogP) is 0.696. The van der Waals surface area contributed by atoms with Crippen molar-refractivity contribution >= 4 is 23.8 Å². The number of hydrogen-bond donors (Lipinski definition) is 1. The van der Waals surface area contributed by atoms with Crippen molar-refractivity contribution in [3.05, 3.63) is 0 Å². The van der Waals surface area contributed by atoms with E-state index in [2.05, 4.69) is 12.2 Å². The summed E-state index contributed by atoms with van der Waals surface area (Å²) in [6, 6.07) is -0.180. The molecule has 1 fully saturated rings. The molecule has 0 aromatic rings. The van der Waals surface area contributed by atoms with Crippen LogP contribution in [0.25, 0.3) is 0 Å². The third kappa shape index (κ3) is 4.30. The quantitative estimate of drug-likeness (QED) is 0.745. The molecule has 92 valence electrons. The van der Waals surface area contributed by atoms with Gasteiger partial charge in [0.05, 0.1) is 6.61 Å². The van der Waals surface area contributed by atoms with Crippen LogP contribution < -0.4 is 5.32 Å². The molecular formula is C10H18N2O3S. The van der Waals surface area contributed by atoms with Gasteiger partial charge in [0.2, 0.25) is 0 Å². The summed E-state index contributed by atoms with van der Waals surface area (Å²) in [4.78, 5) is 24.4. The van der Waals surface area contributed by atoms with Crippen LogP contribution in [0.5, 0.6) is 0 Å². The predicted molar refractivity (Wildman–Crippen MR) is 63.5 cm³/mol. The Morgan fingerprint density at radius 3 is 2.94 bits per heavy atom. The molecule has 0 radical (unpaired) electrons. The number of urea groups is 1. The third-order valence-corrected chi connectivity index (χ3v) is 3.35. The number of amides is 2. The Labute approximate surface area is 99.9 Å². The van der Waals surface area contributed by atoms with E-state index in [4.69, 9.17) is 4.74 Å². The van der Waals surface area contributed by atoms with E-state index in [1.54, 1.807) is 11.8 Å². The second kappa shape index (κ2) is 6.62. The van der Waals surface area contributed by atoms with Crippen LogP contribution in [0.1, 0.15) is 13.8 Å².